The molecule has 12 atom stereocenters. The lowest BCUT2D eigenvalue weighted by molar-refractivity contribution is -0.346. The second-order valence-corrected chi connectivity index (χ2v) is 10.0. The number of ether oxygens (including phenoxy) is 2. The van der Waals surface area contributed by atoms with Gasteiger partial charge in [-0.25, -0.2) is 4.79 Å². The van der Waals surface area contributed by atoms with E-state index in [1.165, 1.54) is 0 Å². The predicted molar refractivity (Wildman–Crippen MR) is 92.4 cm³/mol. The van der Waals surface area contributed by atoms with Crippen LogP contribution in [-0.4, -0.2) is 69.0 Å². The molecule has 8 heteroatoms. The quantitative estimate of drug-likeness (QED) is 0.392. The zero-order valence-electron chi connectivity index (χ0n) is 16.2. The molecule has 28 heavy (non-hydrogen) atoms. The zero-order valence-corrected chi connectivity index (χ0v) is 16.2. The molecule has 5 fully saturated rings. The van der Waals surface area contributed by atoms with Gasteiger partial charge in [0.1, 0.15) is 18.3 Å². The highest BCUT2D eigenvalue weighted by atomic mass is 16.7. The maximum atomic E-state index is 12.6. The Morgan fingerprint density at radius 1 is 1.14 bits per heavy atom. The van der Waals surface area contributed by atoms with Crippen LogP contribution in [0.2, 0.25) is 0 Å². The Labute approximate surface area is 162 Å². The van der Waals surface area contributed by atoms with Crippen LogP contribution < -0.4 is 0 Å². The molecule has 5 rings (SSSR count). The molecular weight excluding hydrogens is 368 g/mol. The van der Waals surface area contributed by atoms with Crippen molar-refractivity contribution in [2.75, 3.05) is 6.61 Å². The second kappa shape index (κ2) is 5.35. The van der Waals surface area contributed by atoms with Gasteiger partial charge in [-0.05, 0) is 24.2 Å². The lowest BCUT2D eigenvalue weighted by atomic mass is 9.37. The molecule has 3 saturated carbocycles. The fourth-order valence-corrected chi connectivity index (χ4v) is 8.06. The van der Waals surface area contributed by atoms with Gasteiger partial charge in [-0.3, -0.25) is 4.79 Å². The van der Waals surface area contributed by atoms with Crippen molar-refractivity contribution in [1.82, 2.24) is 0 Å². The molecular formula is C20H28O8. The molecule has 156 valence electrons. The third kappa shape index (κ3) is 1.77. The van der Waals surface area contributed by atoms with E-state index in [0.29, 0.717) is 6.42 Å². The summed E-state index contributed by atoms with van der Waals surface area (Å²) in [6.45, 7) is 5.38. The maximum Gasteiger partial charge on any atom is 0.335 e. The fourth-order valence-electron chi connectivity index (χ4n) is 8.06. The van der Waals surface area contributed by atoms with E-state index in [1.54, 1.807) is 13.8 Å². The van der Waals surface area contributed by atoms with Gasteiger partial charge in [0.05, 0.1) is 6.61 Å². The number of aliphatic hydroxyl groups excluding tert-OH is 3. The van der Waals surface area contributed by atoms with E-state index >= 15 is 0 Å². The Morgan fingerprint density at radius 3 is 2.50 bits per heavy atom. The number of esters is 1. The lowest BCUT2D eigenvalue weighted by Crippen LogP contribution is -2.78. The first-order valence-electron chi connectivity index (χ1n) is 10.1. The van der Waals surface area contributed by atoms with Crippen molar-refractivity contribution >= 4 is 11.8 Å². The van der Waals surface area contributed by atoms with Gasteiger partial charge in [-0.15, -0.1) is 0 Å². The monoisotopic (exact) mass is 396 g/mol. The largest absolute Gasteiger partial charge is 0.460 e. The number of Topliss-reactive ketones (excluding diaryl/α,β-unsaturated/α-hetero) is 1. The minimum atomic E-state index is -1.98. The molecule has 5 aliphatic rings. The summed E-state index contributed by atoms with van der Waals surface area (Å²) in [6, 6.07) is 0. The number of hydrogen-bond acceptors (Lipinski definition) is 8. The SMILES string of the molecule is CC1CC(=O)C(O)C2(C)C1CC1OC(=O)C(O)C3C(C)C(O)C4(O)OCC13C42. The summed E-state index contributed by atoms with van der Waals surface area (Å²) in [7, 11) is 0. The zero-order chi connectivity index (χ0) is 20.4. The highest BCUT2D eigenvalue weighted by Gasteiger charge is 2.83. The van der Waals surface area contributed by atoms with Gasteiger partial charge in [0.15, 0.2) is 17.7 Å². The van der Waals surface area contributed by atoms with Gasteiger partial charge in [0, 0.05) is 29.1 Å². The molecule has 4 N–H and O–H groups in total. The molecule has 0 aromatic heterocycles. The number of aliphatic hydroxyl groups is 4. The third-order valence-electron chi connectivity index (χ3n) is 9.05. The molecule has 12 unspecified atom stereocenters. The van der Waals surface area contributed by atoms with Crippen LogP contribution >= 0.6 is 0 Å². The first-order chi connectivity index (χ1) is 13.0. The summed E-state index contributed by atoms with van der Waals surface area (Å²) >= 11 is 0. The standard InChI is InChI=1S/C20H28O8/c1-7-4-10(21)15(24)18(3)9(7)5-11-19-6-27-20(26,17(18)19)14(23)8(2)12(19)13(22)16(25)28-11/h7-9,11-15,17,22-24,26H,4-6H2,1-3H3. The number of ketones is 1. The number of fused-ring (bicyclic) bond motifs is 1. The van der Waals surface area contributed by atoms with Crippen LogP contribution in [-0.2, 0) is 19.1 Å². The van der Waals surface area contributed by atoms with E-state index in [4.69, 9.17) is 9.47 Å². The predicted octanol–water partition coefficient (Wildman–Crippen LogP) is -0.783. The summed E-state index contributed by atoms with van der Waals surface area (Å²) in [6.07, 6.45) is -4.11. The Bertz CT molecular complexity index is 754. The van der Waals surface area contributed by atoms with Crippen LogP contribution in [0, 0.1) is 40.4 Å². The minimum absolute atomic E-state index is 0.00710. The van der Waals surface area contributed by atoms with Crippen LogP contribution in [0.5, 0.6) is 0 Å². The molecule has 0 amide bonds. The molecule has 2 heterocycles. The smallest absolute Gasteiger partial charge is 0.335 e. The maximum absolute atomic E-state index is 12.6. The van der Waals surface area contributed by atoms with Crippen molar-refractivity contribution in [3.05, 3.63) is 0 Å². The minimum Gasteiger partial charge on any atom is -0.460 e. The van der Waals surface area contributed by atoms with E-state index in [1.807, 2.05) is 6.92 Å². The van der Waals surface area contributed by atoms with E-state index in [2.05, 4.69) is 0 Å². The number of carbonyl (C=O) groups is 2. The fraction of sp³-hybridized carbons (Fsp3) is 0.900. The van der Waals surface area contributed by atoms with Gasteiger partial charge in [-0.2, -0.15) is 0 Å². The first-order valence-corrected chi connectivity index (χ1v) is 10.1. The molecule has 2 bridgehead atoms. The number of carbonyl (C=O) groups excluding carboxylic acids is 2. The summed E-state index contributed by atoms with van der Waals surface area (Å²) in [5.41, 5.74) is -2.04. The van der Waals surface area contributed by atoms with Crippen LogP contribution in [0.25, 0.3) is 0 Å². The van der Waals surface area contributed by atoms with Crippen molar-refractivity contribution in [2.24, 2.45) is 40.4 Å². The Kier molecular flexibility index (Phi) is 3.62. The molecule has 3 aliphatic carbocycles. The van der Waals surface area contributed by atoms with Crippen molar-refractivity contribution in [3.8, 4) is 0 Å². The van der Waals surface area contributed by atoms with Crippen LogP contribution in [0.4, 0.5) is 0 Å². The van der Waals surface area contributed by atoms with Crippen molar-refractivity contribution in [2.45, 2.75) is 63.8 Å². The first kappa shape index (κ1) is 18.9. The summed E-state index contributed by atoms with van der Waals surface area (Å²) in [4.78, 5) is 25.0. The summed E-state index contributed by atoms with van der Waals surface area (Å²) in [5.74, 6) is -5.45. The van der Waals surface area contributed by atoms with Gasteiger partial charge >= 0.3 is 5.97 Å². The van der Waals surface area contributed by atoms with Gasteiger partial charge < -0.3 is 29.9 Å². The Morgan fingerprint density at radius 2 is 1.82 bits per heavy atom. The third-order valence-corrected chi connectivity index (χ3v) is 9.05. The normalized spacial score (nSPS) is 62.8. The van der Waals surface area contributed by atoms with E-state index in [9.17, 15) is 30.0 Å². The molecule has 2 saturated heterocycles. The highest BCUT2D eigenvalue weighted by Crippen LogP contribution is 2.73. The van der Waals surface area contributed by atoms with Crippen molar-refractivity contribution < 1.29 is 39.5 Å². The van der Waals surface area contributed by atoms with Gasteiger partial charge in [0.25, 0.3) is 0 Å². The van der Waals surface area contributed by atoms with Crippen LogP contribution in [0.3, 0.4) is 0 Å². The molecule has 0 aromatic carbocycles. The molecule has 1 spiro atoms. The average Bonchev–Trinajstić information content (AvgIpc) is 2.92. The van der Waals surface area contributed by atoms with Crippen molar-refractivity contribution in [1.29, 1.82) is 0 Å². The van der Waals surface area contributed by atoms with Gasteiger partial charge in [0.2, 0.25) is 0 Å². The second-order valence-electron chi connectivity index (χ2n) is 10.0. The summed E-state index contributed by atoms with van der Waals surface area (Å²) in [5, 5.41) is 44.3. The Balaban J connectivity index is 1.77. The summed E-state index contributed by atoms with van der Waals surface area (Å²) < 4.78 is 11.5. The lowest BCUT2D eigenvalue weighted by Gasteiger charge is -2.68. The number of rotatable bonds is 0. The van der Waals surface area contributed by atoms with Crippen LogP contribution in [0.15, 0.2) is 0 Å². The molecule has 8 nitrogen and oxygen atoms in total. The molecule has 0 aromatic rings. The molecule has 2 aliphatic heterocycles. The Hall–Kier alpha value is -1.06. The van der Waals surface area contributed by atoms with E-state index in [0.717, 1.165) is 0 Å². The van der Waals surface area contributed by atoms with E-state index < -0.39 is 64.8 Å². The van der Waals surface area contributed by atoms with Crippen LogP contribution in [0.1, 0.15) is 33.6 Å². The van der Waals surface area contributed by atoms with E-state index in [-0.39, 0.29) is 30.6 Å². The van der Waals surface area contributed by atoms with Gasteiger partial charge in [-0.1, -0.05) is 20.8 Å². The van der Waals surface area contributed by atoms with Crippen molar-refractivity contribution in [3.63, 3.8) is 0 Å². The average molecular weight is 396 g/mol. The number of hydrogen-bond donors (Lipinski definition) is 4. The highest BCUT2D eigenvalue weighted by molar-refractivity contribution is 5.85. The topological polar surface area (TPSA) is 134 Å². The molecule has 0 radical (unpaired) electrons.